The Morgan fingerprint density at radius 3 is 2.62 bits per heavy atom. The SMILES string of the molecule is Cn1c(=O)oc2ccc(-c3ccc(CCC#N)cc3)cc21.NC(=O)[C@@H]1CNCC1CCO. The van der Waals surface area contributed by atoms with Crippen LogP contribution in [0.4, 0.5) is 0 Å². The van der Waals surface area contributed by atoms with Gasteiger partial charge in [0.1, 0.15) is 0 Å². The summed E-state index contributed by atoms with van der Waals surface area (Å²) in [6.45, 7) is 1.60. The molecule has 2 atom stereocenters. The number of carbonyl (C=O) groups is 1. The number of oxazole rings is 1. The summed E-state index contributed by atoms with van der Waals surface area (Å²) in [5.41, 5.74) is 9.79. The number of hydrogen-bond acceptors (Lipinski definition) is 6. The molecule has 1 unspecified atom stereocenters. The molecule has 0 bridgehead atoms. The Hall–Kier alpha value is -3.41. The van der Waals surface area contributed by atoms with E-state index in [1.807, 2.05) is 42.5 Å². The molecule has 8 heteroatoms. The highest BCUT2D eigenvalue weighted by atomic mass is 16.4. The monoisotopic (exact) mass is 436 g/mol. The van der Waals surface area contributed by atoms with Gasteiger partial charge in [0.05, 0.1) is 17.5 Å². The summed E-state index contributed by atoms with van der Waals surface area (Å²) in [5.74, 6) is -0.456. The van der Waals surface area contributed by atoms with E-state index in [1.54, 1.807) is 7.05 Å². The molecule has 1 fully saturated rings. The number of aliphatic hydroxyl groups excluding tert-OH is 1. The average Bonchev–Trinajstić information content (AvgIpc) is 3.38. The minimum Gasteiger partial charge on any atom is -0.408 e. The van der Waals surface area contributed by atoms with Gasteiger partial charge in [-0.2, -0.15) is 5.26 Å². The van der Waals surface area contributed by atoms with E-state index >= 15 is 0 Å². The maximum atomic E-state index is 11.5. The van der Waals surface area contributed by atoms with Gasteiger partial charge in [0, 0.05) is 26.6 Å². The number of nitrogens with two attached hydrogens (primary N) is 1. The maximum absolute atomic E-state index is 11.5. The van der Waals surface area contributed by atoms with E-state index in [-0.39, 0.29) is 30.1 Å². The van der Waals surface area contributed by atoms with Gasteiger partial charge >= 0.3 is 5.76 Å². The highest BCUT2D eigenvalue weighted by Gasteiger charge is 2.30. The summed E-state index contributed by atoms with van der Waals surface area (Å²) in [4.78, 5) is 22.3. The van der Waals surface area contributed by atoms with Crippen LogP contribution in [0.1, 0.15) is 18.4 Å². The quantitative estimate of drug-likeness (QED) is 0.541. The van der Waals surface area contributed by atoms with Gasteiger partial charge in [-0.15, -0.1) is 0 Å². The normalized spacial score (nSPS) is 17.5. The van der Waals surface area contributed by atoms with Crippen molar-refractivity contribution >= 4 is 17.0 Å². The molecule has 0 spiro atoms. The molecule has 4 N–H and O–H groups in total. The minimum absolute atomic E-state index is 0.0813. The smallest absolute Gasteiger partial charge is 0.408 e. The van der Waals surface area contributed by atoms with Crippen molar-refractivity contribution in [1.82, 2.24) is 9.88 Å². The van der Waals surface area contributed by atoms with Gasteiger partial charge in [0.15, 0.2) is 5.58 Å². The molecule has 1 aliphatic rings. The Labute approximate surface area is 186 Å². The van der Waals surface area contributed by atoms with Crippen LogP contribution in [0.15, 0.2) is 51.7 Å². The number of nitrogens with zero attached hydrogens (tertiary/aromatic N) is 2. The van der Waals surface area contributed by atoms with Crippen molar-refractivity contribution in [2.24, 2.45) is 24.6 Å². The lowest BCUT2D eigenvalue weighted by Crippen LogP contribution is -2.29. The molecule has 1 aliphatic heterocycles. The largest absolute Gasteiger partial charge is 0.419 e. The number of primary amides is 1. The molecule has 32 heavy (non-hydrogen) atoms. The van der Waals surface area contributed by atoms with Crippen molar-refractivity contribution in [1.29, 1.82) is 5.26 Å². The summed E-state index contributed by atoms with van der Waals surface area (Å²) in [6, 6.07) is 16.0. The third-order valence-corrected chi connectivity index (χ3v) is 5.81. The Morgan fingerprint density at radius 1 is 1.25 bits per heavy atom. The van der Waals surface area contributed by atoms with Gasteiger partial charge in [-0.3, -0.25) is 9.36 Å². The number of hydrogen-bond donors (Lipinski definition) is 3. The second-order valence-corrected chi connectivity index (χ2v) is 7.90. The molecule has 168 valence electrons. The maximum Gasteiger partial charge on any atom is 0.419 e. The first kappa shape index (κ1) is 23.3. The number of fused-ring (bicyclic) bond motifs is 1. The molecule has 0 aliphatic carbocycles. The van der Waals surface area contributed by atoms with Crippen LogP contribution in [-0.2, 0) is 18.3 Å². The van der Waals surface area contributed by atoms with Gasteiger partial charge in [-0.1, -0.05) is 30.3 Å². The van der Waals surface area contributed by atoms with Crippen LogP contribution in [-0.4, -0.2) is 35.3 Å². The van der Waals surface area contributed by atoms with E-state index in [1.165, 1.54) is 4.57 Å². The Morgan fingerprint density at radius 2 is 1.97 bits per heavy atom. The molecule has 2 heterocycles. The Bertz CT molecular complexity index is 1160. The van der Waals surface area contributed by atoms with Crippen molar-refractivity contribution in [3.63, 3.8) is 0 Å². The number of amides is 1. The van der Waals surface area contributed by atoms with Gasteiger partial charge in [0.25, 0.3) is 0 Å². The highest BCUT2D eigenvalue weighted by molar-refractivity contribution is 5.80. The van der Waals surface area contributed by atoms with Crippen molar-refractivity contribution in [3.05, 3.63) is 58.6 Å². The van der Waals surface area contributed by atoms with E-state index in [2.05, 4.69) is 11.4 Å². The minimum atomic E-state index is -0.353. The third kappa shape index (κ3) is 5.44. The predicted octanol–water partition coefficient (Wildman–Crippen LogP) is 1.94. The number of benzene rings is 2. The molecule has 2 aromatic carbocycles. The van der Waals surface area contributed by atoms with Gasteiger partial charge in [0.2, 0.25) is 5.91 Å². The number of aryl methyl sites for hydroxylation is 2. The van der Waals surface area contributed by atoms with E-state index in [4.69, 9.17) is 20.5 Å². The molecule has 4 rings (SSSR count). The lowest BCUT2D eigenvalue weighted by molar-refractivity contribution is -0.122. The van der Waals surface area contributed by atoms with Crippen molar-refractivity contribution < 1.29 is 14.3 Å². The molecule has 1 saturated heterocycles. The topological polar surface area (TPSA) is 134 Å². The van der Waals surface area contributed by atoms with Crippen molar-refractivity contribution in [2.75, 3.05) is 19.7 Å². The van der Waals surface area contributed by atoms with Crippen LogP contribution < -0.4 is 16.8 Å². The molecule has 1 amide bonds. The number of aromatic nitrogens is 1. The van der Waals surface area contributed by atoms with Gasteiger partial charge < -0.3 is 20.6 Å². The van der Waals surface area contributed by atoms with Crippen LogP contribution in [0.2, 0.25) is 0 Å². The molecular formula is C24H28N4O4. The lowest BCUT2D eigenvalue weighted by Gasteiger charge is -2.12. The third-order valence-electron chi connectivity index (χ3n) is 5.81. The zero-order chi connectivity index (χ0) is 23.1. The van der Waals surface area contributed by atoms with E-state index < -0.39 is 0 Å². The highest BCUT2D eigenvalue weighted by Crippen LogP contribution is 2.24. The zero-order valence-corrected chi connectivity index (χ0v) is 18.1. The Balaban J connectivity index is 0.000000222. The summed E-state index contributed by atoms with van der Waals surface area (Å²) in [5, 5.41) is 20.3. The number of nitrogens with one attached hydrogen (secondary N) is 1. The molecule has 8 nitrogen and oxygen atoms in total. The predicted molar refractivity (Wildman–Crippen MR) is 122 cm³/mol. The van der Waals surface area contributed by atoms with Crippen LogP contribution in [0.5, 0.6) is 0 Å². The molecular weight excluding hydrogens is 408 g/mol. The zero-order valence-electron chi connectivity index (χ0n) is 18.1. The molecule has 0 saturated carbocycles. The first-order valence-corrected chi connectivity index (χ1v) is 10.6. The van der Waals surface area contributed by atoms with Gasteiger partial charge in [-0.05, 0) is 54.1 Å². The van der Waals surface area contributed by atoms with Crippen molar-refractivity contribution in [3.8, 4) is 17.2 Å². The lowest BCUT2D eigenvalue weighted by atomic mass is 9.93. The fourth-order valence-electron chi connectivity index (χ4n) is 3.91. The van der Waals surface area contributed by atoms with Crippen LogP contribution >= 0.6 is 0 Å². The molecule has 1 aromatic heterocycles. The standard InChI is InChI=1S/C17H14N2O2.C7H14N2O2/c1-19-15-11-14(8-9-16(15)21-17(19)20)13-6-4-12(5-7-13)3-2-10-18;8-7(11)6-4-9-3-5(6)1-2-10/h4-9,11H,2-3H2,1H3;5-6,9-10H,1-4H2,(H2,8,11)/t;5?,6-/m.1/s1. The second kappa shape index (κ2) is 10.8. The Kier molecular flexibility index (Phi) is 7.82. The fourth-order valence-corrected chi connectivity index (χ4v) is 3.91. The average molecular weight is 437 g/mol. The molecule has 0 radical (unpaired) electrons. The summed E-state index contributed by atoms with van der Waals surface area (Å²) in [7, 11) is 1.70. The fraction of sp³-hybridized carbons (Fsp3) is 0.375. The summed E-state index contributed by atoms with van der Waals surface area (Å²) < 4.78 is 6.63. The van der Waals surface area contributed by atoms with E-state index in [0.717, 1.165) is 35.2 Å². The van der Waals surface area contributed by atoms with Crippen molar-refractivity contribution in [2.45, 2.75) is 19.3 Å². The number of carbonyl (C=O) groups excluding carboxylic acids is 1. The first-order valence-electron chi connectivity index (χ1n) is 10.6. The van der Waals surface area contributed by atoms with Crippen LogP contribution in [0, 0.1) is 23.2 Å². The van der Waals surface area contributed by atoms with Crippen LogP contribution in [0.25, 0.3) is 22.2 Å². The summed E-state index contributed by atoms with van der Waals surface area (Å²) in [6.07, 6.45) is 1.97. The van der Waals surface area contributed by atoms with Gasteiger partial charge in [-0.25, -0.2) is 4.79 Å². The van der Waals surface area contributed by atoms with E-state index in [0.29, 0.717) is 25.0 Å². The number of rotatable bonds is 6. The molecule has 3 aromatic rings. The second-order valence-electron chi connectivity index (χ2n) is 7.90. The number of aliphatic hydroxyl groups is 1. The van der Waals surface area contributed by atoms with Crippen LogP contribution in [0.3, 0.4) is 0 Å². The summed E-state index contributed by atoms with van der Waals surface area (Å²) >= 11 is 0. The number of nitriles is 1. The first-order chi connectivity index (χ1) is 15.4. The van der Waals surface area contributed by atoms with E-state index in [9.17, 15) is 9.59 Å².